The van der Waals surface area contributed by atoms with Gasteiger partial charge in [0.05, 0.1) is 11.3 Å². The van der Waals surface area contributed by atoms with Gasteiger partial charge in [0, 0.05) is 18.7 Å². The molecule has 0 bridgehead atoms. The van der Waals surface area contributed by atoms with Gasteiger partial charge in [-0.25, -0.2) is 13.2 Å². The number of anilines is 1. The van der Waals surface area contributed by atoms with Gasteiger partial charge >= 0.3 is 11.8 Å². The summed E-state index contributed by atoms with van der Waals surface area (Å²) < 4.78 is 39.2. The lowest BCUT2D eigenvalue weighted by atomic mass is 9.89. The van der Waals surface area contributed by atoms with Crippen LogP contribution in [-0.2, 0) is 9.59 Å². The molecule has 0 spiro atoms. The Hall–Kier alpha value is -2.09. The molecule has 0 aliphatic heterocycles. The Labute approximate surface area is 131 Å². The van der Waals surface area contributed by atoms with Gasteiger partial charge in [0.2, 0.25) is 0 Å². The van der Waals surface area contributed by atoms with Crippen LogP contribution in [0.1, 0.15) is 27.2 Å². The van der Waals surface area contributed by atoms with Crippen LogP contribution in [0.15, 0.2) is 12.1 Å². The maximum Gasteiger partial charge on any atom is 0.313 e. The number of amides is 2. The monoisotopic (exact) mass is 332 g/mol. The minimum atomic E-state index is -1.41. The maximum absolute atomic E-state index is 13.4. The van der Waals surface area contributed by atoms with Crippen molar-refractivity contribution in [3.8, 4) is 0 Å². The number of carbonyl (C=O) groups is 2. The van der Waals surface area contributed by atoms with E-state index in [9.17, 15) is 27.9 Å². The Balaban J connectivity index is 2.68. The average Bonchev–Trinajstić information content (AvgIpc) is 2.49. The predicted octanol–water partition coefficient (Wildman–Crippen LogP) is 1.96. The van der Waals surface area contributed by atoms with Gasteiger partial charge in [-0.05, 0) is 12.8 Å². The van der Waals surface area contributed by atoms with E-state index in [-0.39, 0.29) is 18.5 Å². The van der Waals surface area contributed by atoms with Gasteiger partial charge in [-0.1, -0.05) is 20.3 Å². The van der Waals surface area contributed by atoms with E-state index in [1.807, 2.05) is 12.2 Å². The van der Waals surface area contributed by atoms with E-state index in [1.165, 1.54) is 6.92 Å². The molecule has 0 aromatic heterocycles. The van der Waals surface area contributed by atoms with Gasteiger partial charge in [-0.3, -0.25) is 9.59 Å². The van der Waals surface area contributed by atoms with Crippen LogP contribution < -0.4 is 10.6 Å². The van der Waals surface area contributed by atoms with Gasteiger partial charge in [0.1, 0.15) is 5.82 Å². The molecule has 1 aromatic rings. The summed E-state index contributed by atoms with van der Waals surface area (Å²) in [6, 6.07) is 0.696. The number of aliphatic hydroxyl groups is 1. The van der Waals surface area contributed by atoms with Crippen LogP contribution in [0, 0.1) is 23.4 Å². The zero-order chi connectivity index (χ0) is 17.8. The van der Waals surface area contributed by atoms with Crippen LogP contribution in [0.3, 0.4) is 0 Å². The van der Waals surface area contributed by atoms with Crippen LogP contribution in [0.5, 0.6) is 0 Å². The second-order valence-corrected chi connectivity index (χ2v) is 5.55. The van der Waals surface area contributed by atoms with E-state index in [0.29, 0.717) is 12.5 Å². The highest BCUT2D eigenvalue weighted by atomic mass is 19.2. The Kier molecular flexibility index (Phi) is 6.14. The van der Waals surface area contributed by atoms with Gasteiger partial charge in [0.25, 0.3) is 0 Å². The third-order valence-corrected chi connectivity index (χ3v) is 3.75. The lowest BCUT2D eigenvalue weighted by Gasteiger charge is -2.29. The standard InChI is InChI=1S/C15H19F3N2O3/c1-4-8(2)15(3,23)7-19-13(21)14(22)20-12-6-10(17)9(16)5-11(12)18/h5-6,8,23H,4,7H2,1-3H3,(H,19,21)(H,20,22). The normalized spacial score (nSPS) is 14.7. The van der Waals surface area contributed by atoms with E-state index in [1.54, 1.807) is 6.92 Å². The SMILES string of the molecule is CCC(C)C(C)(O)CNC(=O)C(=O)Nc1cc(F)c(F)cc1F. The summed E-state index contributed by atoms with van der Waals surface area (Å²) in [5.74, 6) is -6.49. The van der Waals surface area contributed by atoms with E-state index < -0.39 is 40.6 Å². The molecule has 5 nitrogen and oxygen atoms in total. The number of carbonyl (C=O) groups excluding carboxylic acids is 2. The maximum atomic E-state index is 13.4. The summed E-state index contributed by atoms with van der Waals surface area (Å²) >= 11 is 0. The summed E-state index contributed by atoms with van der Waals surface area (Å²) in [6.45, 7) is 4.96. The summed E-state index contributed by atoms with van der Waals surface area (Å²) in [6.07, 6.45) is 0.662. The molecule has 0 saturated heterocycles. The second kappa shape index (κ2) is 7.45. The highest BCUT2D eigenvalue weighted by Crippen LogP contribution is 2.19. The molecule has 2 unspecified atom stereocenters. The predicted molar refractivity (Wildman–Crippen MR) is 78.0 cm³/mol. The first-order valence-corrected chi connectivity index (χ1v) is 7.04. The molecule has 0 saturated carbocycles. The number of nitrogens with one attached hydrogen (secondary N) is 2. The minimum Gasteiger partial charge on any atom is -0.388 e. The third-order valence-electron chi connectivity index (χ3n) is 3.75. The van der Waals surface area contributed by atoms with Gasteiger partial charge in [-0.15, -0.1) is 0 Å². The smallest absolute Gasteiger partial charge is 0.313 e. The molecular weight excluding hydrogens is 313 g/mol. The average molecular weight is 332 g/mol. The molecule has 8 heteroatoms. The highest BCUT2D eigenvalue weighted by molar-refractivity contribution is 6.39. The third kappa shape index (κ3) is 4.95. The van der Waals surface area contributed by atoms with Crippen LogP contribution in [0.25, 0.3) is 0 Å². The Morgan fingerprint density at radius 2 is 1.74 bits per heavy atom. The fraction of sp³-hybridized carbons (Fsp3) is 0.467. The van der Waals surface area contributed by atoms with Gasteiger partial charge in [-0.2, -0.15) is 0 Å². The van der Waals surface area contributed by atoms with E-state index in [2.05, 4.69) is 5.32 Å². The topological polar surface area (TPSA) is 78.4 Å². The molecule has 1 rings (SSSR count). The number of halogens is 3. The summed E-state index contributed by atoms with van der Waals surface area (Å²) in [5, 5.41) is 14.2. The molecule has 2 amide bonds. The summed E-state index contributed by atoms with van der Waals surface area (Å²) in [4.78, 5) is 23.3. The van der Waals surface area contributed by atoms with Crippen LogP contribution >= 0.6 is 0 Å². The molecule has 0 aliphatic rings. The van der Waals surface area contributed by atoms with Gasteiger partial charge in [0.15, 0.2) is 11.6 Å². The molecule has 0 radical (unpaired) electrons. The van der Waals surface area contributed by atoms with Crippen molar-refractivity contribution in [2.45, 2.75) is 32.8 Å². The lowest BCUT2D eigenvalue weighted by molar-refractivity contribution is -0.137. The minimum absolute atomic E-state index is 0.130. The lowest BCUT2D eigenvalue weighted by Crippen LogP contribution is -2.47. The van der Waals surface area contributed by atoms with E-state index in [0.717, 1.165) is 0 Å². The molecule has 0 aliphatic carbocycles. The van der Waals surface area contributed by atoms with Crippen molar-refractivity contribution in [2.75, 3.05) is 11.9 Å². The van der Waals surface area contributed by atoms with Crippen molar-refractivity contribution in [3.05, 3.63) is 29.6 Å². The quantitative estimate of drug-likeness (QED) is 0.570. The van der Waals surface area contributed by atoms with Crippen molar-refractivity contribution in [2.24, 2.45) is 5.92 Å². The first kappa shape index (κ1) is 19.0. The van der Waals surface area contributed by atoms with Crippen LogP contribution in [0.4, 0.5) is 18.9 Å². The molecule has 1 aromatic carbocycles. The first-order chi connectivity index (χ1) is 10.6. The van der Waals surface area contributed by atoms with Gasteiger partial charge < -0.3 is 15.7 Å². The molecule has 2 atom stereocenters. The Morgan fingerprint density at radius 1 is 1.17 bits per heavy atom. The van der Waals surface area contributed by atoms with E-state index in [4.69, 9.17) is 0 Å². The molecular formula is C15H19F3N2O3. The Bertz CT molecular complexity index is 606. The number of hydrogen-bond acceptors (Lipinski definition) is 3. The number of hydrogen-bond donors (Lipinski definition) is 3. The fourth-order valence-corrected chi connectivity index (χ4v) is 1.75. The molecule has 23 heavy (non-hydrogen) atoms. The van der Waals surface area contributed by atoms with Crippen molar-refractivity contribution in [1.29, 1.82) is 0 Å². The van der Waals surface area contributed by atoms with Crippen molar-refractivity contribution >= 4 is 17.5 Å². The van der Waals surface area contributed by atoms with Crippen molar-refractivity contribution in [3.63, 3.8) is 0 Å². The molecule has 0 heterocycles. The highest BCUT2D eigenvalue weighted by Gasteiger charge is 2.28. The fourth-order valence-electron chi connectivity index (χ4n) is 1.75. The molecule has 0 fully saturated rings. The largest absolute Gasteiger partial charge is 0.388 e. The number of rotatable bonds is 5. The van der Waals surface area contributed by atoms with E-state index >= 15 is 0 Å². The van der Waals surface area contributed by atoms with Crippen LogP contribution in [-0.4, -0.2) is 29.1 Å². The summed E-state index contributed by atoms with van der Waals surface area (Å²) in [5.41, 5.74) is -1.88. The zero-order valence-corrected chi connectivity index (χ0v) is 13.0. The van der Waals surface area contributed by atoms with Crippen molar-refractivity contribution < 1.29 is 27.9 Å². The molecule has 128 valence electrons. The number of benzene rings is 1. The second-order valence-electron chi connectivity index (χ2n) is 5.55. The summed E-state index contributed by atoms with van der Waals surface area (Å²) in [7, 11) is 0. The first-order valence-electron chi connectivity index (χ1n) is 7.04. The van der Waals surface area contributed by atoms with Crippen molar-refractivity contribution in [1.82, 2.24) is 5.32 Å². The Morgan fingerprint density at radius 3 is 2.30 bits per heavy atom. The van der Waals surface area contributed by atoms with Crippen LogP contribution in [0.2, 0.25) is 0 Å². The molecule has 3 N–H and O–H groups in total. The zero-order valence-electron chi connectivity index (χ0n) is 13.0.